The van der Waals surface area contributed by atoms with Crippen LogP contribution in [0, 0.1) is 5.92 Å². The number of unbranched alkanes of at least 4 members (excludes halogenated alkanes) is 10. The topological polar surface area (TPSA) is 55.6 Å². The van der Waals surface area contributed by atoms with Crippen molar-refractivity contribution in [2.45, 2.75) is 110 Å². The lowest BCUT2D eigenvalue weighted by atomic mass is 9.82. The molecule has 1 fully saturated rings. The van der Waals surface area contributed by atoms with Crippen molar-refractivity contribution in [2.24, 2.45) is 11.7 Å². The SMILES string of the molecule is CCCCCCCCN(CCCCCCCC)C(=O)OCC1CC(N)C1. The van der Waals surface area contributed by atoms with Gasteiger partial charge in [-0.05, 0) is 31.6 Å². The van der Waals surface area contributed by atoms with Gasteiger partial charge in [-0.15, -0.1) is 0 Å². The molecule has 0 aromatic heterocycles. The molecule has 1 rings (SSSR count). The number of nitrogens with zero attached hydrogens (tertiary/aromatic N) is 1. The lowest BCUT2D eigenvalue weighted by Gasteiger charge is -2.32. The minimum absolute atomic E-state index is 0.104. The zero-order valence-corrected chi connectivity index (χ0v) is 17.5. The van der Waals surface area contributed by atoms with Gasteiger partial charge in [0.2, 0.25) is 0 Å². The van der Waals surface area contributed by atoms with Crippen LogP contribution in [0.3, 0.4) is 0 Å². The first kappa shape index (κ1) is 23.3. The maximum atomic E-state index is 12.5. The zero-order valence-electron chi connectivity index (χ0n) is 17.5. The third kappa shape index (κ3) is 11.1. The van der Waals surface area contributed by atoms with E-state index in [9.17, 15) is 4.79 Å². The Balaban J connectivity index is 2.22. The molecule has 0 heterocycles. The van der Waals surface area contributed by atoms with Crippen molar-refractivity contribution in [3.63, 3.8) is 0 Å². The predicted molar refractivity (Wildman–Crippen MR) is 110 cm³/mol. The highest BCUT2D eigenvalue weighted by Crippen LogP contribution is 2.25. The van der Waals surface area contributed by atoms with E-state index in [-0.39, 0.29) is 6.09 Å². The highest BCUT2D eigenvalue weighted by molar-refractivity contribution is 5.67. The van der Waals surface area contributed by atoms with Gasteiger partial charge in [-0.3, -0.25) is 0 Å². The maximum absolute atomic E-state index is 12.5. The fourth-order valence-electron chi connectivity index (χ4n) is 3.66. The molecule has 154 valence electrons. The van der Waals surface area contributed by atoms with Gasteiger partial charge in [-0.25, -0.2) is 4.79 Å². The second-order valence-electron chi connectivity index (χ2n) is 8.20. The first-order chi connectivity index (χ1) is 12.7. The van der Waals surface area contributed by atoms with Crippen LogP contribution in [0.4, 0.5) is 4.79 Å². The third-order valence-corrected chi connectivity index (χ3v) is 5.54. The Morgan fingerprint density at radius 2 is 1.31 bits per heavy atom. The average Bonchev–Trinajstić information content (AvgIpc) is 2.61. The molecule has 1 aliphatic rings. The summed E-state index contributed by atoms with van der Waals surface area (Å²) in [6, 6.07) is 0.320. The molecule has 0 aromatic carbocycles. The second kappa shape index (κ2) is 15.3. The molecular formula is C22H44N2O2. The minimum atomic E-state index is -0.104. The van der Waals surface area contributed by atoms with Crippen molar-refractivity contribution in [2.75, 3.05) is 19.7 Å². The van der Waals surface area contributed by atoms with E-state index in [4.69, 9.17) is 10.5 Å². The van der Waals surface area contributed by atoms with Gasteiger partial charge >= 0.3 is 6.09 Å². The Morgan fingerprint density at radius 1 is 0.846 bits per heavy atom. The molecule has 1 amide bonds. The van der Waals surface area contributed by atoms with Crippen molar-refractivity contribution in [1.29, 1.82) is 0 Å². The minimum Gasteiger partial charge on any atom is -0.449 e. The summed E-state index contributed by atoms with van der Waals surface area (Å²) in [5.41, 5.74) is 5.82. The Morgan fingerprint density at radius 3 is 1.77 bits per heavy atom. The van der Waals surface area contributed by atoms with Crippen LogP contribution >= 0.6 is 0 Å². The van der Waals surface area contributed by atoms with Crippen LogP contribution in [0.2, 0.25) is 0 Å². The van der Waals surface area contributed by atoms with E-state index in [2.05, 4.69) is 13.8 Å². The molecule has 1 saturated carbocycles. The number of hydrogen-bond acceptors (Lipinski definition) is 3. The van der Waals surface area contributed by atoms with E-state index in [0.717, 1.165) is 38.8 Å². The smallest absolute Gasteiger partial charge is 0.409 e. The van der Waals surface area contributed by atoms with Gasteiger partial charge in [-0.1, -0.05) is 78.1 Å². The molecular weight excluding hydrogens is 324 g/mol. The fourth-order valence-corrected chi connectivity index (χ4v) is 3.66. The monoisotopic (exact) mass is 368 g/mol. The van der Waals surface area contributed by atoms with Crippen LogP contribution in [0.25, 0.3) is 0 Å². The quantitative estimate of drug-likeness (QED) is 0.346. The van der Waals surface area contributed by atoms with Gasteiger partial charge in [0.25, 0.3) is 0 Å². The summed E-state index contributed by atoms with van der Waals surface area (Å²) in [5, 5.41) is 0. The summed E-state index contributed by atoms with van der Waals surface area (Å²) in [6.45, 7) is 6.74. The highest BCUT2D eigenvalue weighted by atomic mass is 16.6. The fraction of sp³-hybridized carbons (Fsp3) is 0.955. The zero-order chi connectivity index (χ0) is 19.0. The van der Waals surface area contributed by atoms with Crippen LogP contribution in [0.1, 0.15) is 104 Å². The predicted octanol–water partition coefficient (Wildman–Crippen LogP) is 5.88. The Kier molecular flexibility index (Phi) is 13.7. The lowest BCUT2D eigenvalue weighted by Crippen LogP contribution is -2.40. The molecule has 26 heavy (non-hydrogen) atoms. The standard InChI is InChI=1S/C22H44N2O2/c1-3-5-7-9-11-13-15-24(16-14-12-10-8-6-4-2)22(25)26-19-20-17-21(23)18-20/h20-21H,3-19,23H2,1-2H3. The van der Waals surface area contributed by atoms with Gasteiger partial charge in [0.15, 0.2) is 0 Å². The summed E-state index contributed by atoms with van der Waals surface area (Å²) in [6.07, 6.45) is 17.0. The molecule has 4 nitrogen and oxygen atoms in total. The molecule has 0 aromatic rings. The van der Waals surface area contributed by atoms with Crippen molar-refractivity contribution in [1.82, 2.24) is 4.90 Å². The molecule has 0 saturated heterocycles. The summed E-state index contributed by atoms with van der Waals surface area (Å²) in [7, 11) is 0. The number of nitrogens with two attached hydrogens (primary N) is 1. The van der Waals surface area contributed by atoms with Crippen molar-refractivity contribution in [3.8, 4) is 0 Å². The van der Waals surface area contributed by atoms with E-state index < -0.39 is 0 Å². The van der Waals surface area contributed by atoms with Gasteiger partial charge in [0.1, 0.15) is 0 Å². The second-order valence-corrected chi connectivity index (χ2v) is 8.20. The average molecular weight is 369 g/mol. The van der Waals surface area contributed by atoms with Gasteiger partial charge in [0.05, 0.1) is 6.61 Å². The van der Waals surface area contributed by atoms with E-state index in [0.29, 0.717) is 18.6 Å². The number of carbonyl (C=O) groups excluding carboxylic acids is 1. The van der Waals surface area contributed by atoms with Gasteiger partial charge in [0, 0.05) is 19.1 Å². The van der Waals surface area contributed by atoms with Crippen LogP contribution in [0.15, 0.2) is 0 Å². The lowest BCUT2D eigenvalue weighted by molar-refractivity contribution is 0.0655. The van der Waals surface area contributed by atoms with E-state index in [1.54, 1.807) is 0 Å². The van der Waals surface area contributed by atoms with Crippen LogP contribution in [-0.4, -0.2) is 36.7 Å². The highest BCUT2D eigenvalue weighted by Gasteiger charge is 2.27. The number of rotatable bonds is 16. The molecule has 0 atom stereocenters. The largest absolute Gasteiger partial charge is 0.449 e. The van der Waals surface area contributed by atoms with Crippen LogP contribution < -0.4 is 5.73 Å². The van der Waals surface area contributed by atoms with Crippen molar-refractivity contribution < 1.29 is 9.53 Å². The number of amides is 1. The number of carbonyl (C=O) groups is 1. The number of hydrogen-bond donors (Lipinski definition) is 1. The molecule has 2 N–H and O–H groups in total. The Labute approximate surface area is 162 Å². The Bertz CT molecular complexity index is 327. The Hall–Kier alpha value is -0.770. The molecule has 0 radical (unpaired) electrons. The van der Waals surface area contributed by atoms with Crippen molar-refractivity contribution in [3.05, 3.63) is 0 Å². The molecule has 0 bridgehead atoms. The normalized spacial score (nSPS) is 19.2. The first-order valence-corrected chi connectivity index (χ1v) is 11.3. The summed E-state index contributed by atoms with van der Waals surface area (Å²) in [5.74, 6) is 0.485. The molecule has 0 aliphatic heterocycles. The van der Waals surface area contributed by atoms with E-state index in [1.165, 1.54) is 64.2 Å². The van der Waals surface area contributed by atoms with Gasteiger partial charge < -0.3 is 15.4 Å². The first-order valence-electron chi connectivity index (χ1n) is 11.3. The van der Waals surface area contributed by atoms with Crippen LogP contribution in [-0.2, 0) is 4.74 Å². The van der Waals surface area contributed by atoms with Crippen molar-refractivity contribution >= 4 is 6.09 Å². The van der Waals surface area contributed by atoms with E-state index in [1.807, 2.05) is 4.90 Å². The third-order valence-electron chi connectivity index (χ3n) is 5.54. The number of ether oxygens (including phenoxy) is 1. The summed E-state index contributed by atoms with van der Waals surface area (Å²) in [4.78, 5) is 14.4. The molecule has 0 spiro atoms. The van der Waals surface area contributed by atoms with Gasteiger partial charge in [-0.2, -0.15) is 0 Å². The maximum Gasteiger partial charge on any atom is 0.409 e. The summed E-state index contributed by atoms with van der Waals surface area (Å²) >= 11 is 0. The van der Waals surface area contributed by atoms with E-state index >= 15 is 0 Å². The molecule has 0 unspecified atom stereocenters. The molecule has 4 heteroatoms. The van der Waals surface area contributed by atoms with Crippen LogP contribution in [0.5, 0.6) is 0 Å². The summed E-state index contributed by atoms with van der Waals surface area (Å²) < 4.78 is 5.58. The molecule has 1 aliphatic carbocycles.